The molecule has 1 aromatic heterocycles. The Labute approximate surface area is 156 Å². The molecule has 0 radical (unpaired) electrons. The predicted octanol–water partition coefficient (Wildman–Crippen LogP) is 3.74. The summed E-state index contributed by atoms with van der Waals surface area (Å²) in [7, 11) is 0. The Bertz CT molecular complexity index is 689. The number of hydrogen-bond donors (Lipinski definition) is 1. The Kier molecular flexibility index (Phi) is 6.40. The molecule has 138 valence electrons. The minimum absolute atomic E-state index is 0.0451. The number of nitrogens with zero attached hydrogens (tertiary/aromatic N) is 2. The Hall–Kier alpha value is -2.20. The SMILES string of the molecule is C[C@H](Cc1ccccn1)NC(=O)[C@H](c1ccccc1)N1CCCC[C@@H]1C. The maximum Gasteiger partial charge on any atom is 0.242 e. The number of carbonyl (C=O) groups is 1. The highest BCUT2D eigenvalue weighted by molar-refractivity contribution is 5.83. The average Bonchev–Trinajstić information content (AvgIpc) is 2.65. The summed E-state index contributed by atoms with van der Waals surface area (Å²) >= 11 is 0. The van der Waals surface area contributed by atoms with Gasteiger partial charge in [-0.15, -0.1) is 0 Å². The molecule has 4 nitrogen and oxygen atoms in total. The van der Waals surface area contributed by atoms with Crippen molar-refractivity contribution >= 4 is 5.91 Å². The second-order valence-electron chi connectivity index (χ2n) is 7.33. The lowest BCUT2D eigenvalue weighted by Crippen LogP contribution is -2.48. The van der Waals surface area contributed by atoms with Crippen molar-refractivity contribution in [3.05, 3.63) is 66.0 Å². The van der Waals surface area contributed by atoms with Gasteiger partial charge in [-0.2, -0.15) is 0 Å². The highest BCUT2D eigenvalue weighted by atomic mass is 16.2. The predicted molar refractivity (Wildman–Crippen MR) is 105 cm³/mol. The van der Waals surface area contributed by atoms with Gasteiger partial charge in [0.1, 0.15) is 6.04 Å². The molecular formula is C22H29N3O. The summed E-state index contributed by atoms with van der Waals surface area (Å²) < 4.78 is 0. The van der Waals surface area contributed by atoms with E-state index in [0.29, 0.717) is 6.04 Å². The molecule has 1 aromatic carbocycles. The van der Waals surface area contributed by atoms with Crippen LogP contribution in [0.5, 0.6) is 0 Å². The summed E-state index contributed by atoms with van der Waals surface area (Å²) in [6, 6.07) is 16.3. The molecule has 3 atom stereocenters. The molecule has 1 N–H and O–H groups in total. The van der Waals surface area contributed by atoms with Crippen molar-refractivity contribution in [2.45, 2.75) is 57.7 Å². The van der Waals surface area contributed by atoms with E-state index in [9.17, 15) is 4.79 Å². The number of benzene rings is 1. The standard InChI is InChI=1S/C22H29N3O/c1-17(16-20-13-6-8-14-23-20)24-22(26)21(19-11-4-3-5-12-19)25-15-9-7-10-18(25)2/h3-6,8,11-14,17-18,21H,7,9-10,15-16H2,1-2H3,(H,24,26)/t17-,18+,21+/m1/s1. The van der Waals surface area contributed by atoms with E-state index in [-0.39, 0.29) is 18.0 Å². The highest BCUT2D eigenvalue weighted by Crippen LogP contribution is 2.29. The highest BCUT2D eigenvalue weighted by Gasteiger charge is 2.32. The summed E-state index contributed by atoms with van der Waals surface area (Å²) in [5.74, 6) is 0.0911. The van der Waals surface area contributed by atoms with E-state index >= 15 is 0 Å². The molecule has 1 aliphatic heterocycles. The van der Waals surface area contributed by atoms with Gasteiger partial charge in [-0.25, -0.2) is 0 Å². The Morgan fingerprint density at radius 2 is 1.96 bits per heavy atom. The van der Waals surface area contributed by atoms with Crippen LogP contribution in [0.25, 0.3) is 0 Å². The van der Waals surface area contributed by atoms with Crippen LogP contribution in [0.4, 0.5) is 0 Å². The zero-order chi connectivity index (χ0) is 18.4. The lowest BCUT2D eigenvalue weighted by molar-refractivity contribution is -0.128. The number of pyridine rings is 1. The molecule has 0 bridgehead atoms. The summed E-state index contributed by atoms with van der Waals surface area (Å²) in [5.41, 5.74) is 2.08. The first kappa shape index (κ1) is 18.6. The van der Waals surface area contributed by atoms with E-state index in [1.54, 1.807) is 6.20 Å². The van der Waals surface area contributed by atoms with E-state index in [1.165, 1.54) is 6.42 Å². The fourth-order valence-electron chi connectivity index (χ4n) is 3.84. The van der Waals surface area contributed by atoms with E-state index in [1.807, 2.05) is 43.3 Å². The summed E-state index contributed by atoms with van der Waals surface area (Å²) in [4.78, 5) is 19.9. The number of aromatic nitrogens is 1. The first-order valence-electron chi connectivity index (χ1n) is 9.66. The van der Waals surface area contributed by atoms with Crippen LogP contribution < -0.4 is 5.32 Å². The number of likely N-dealkylation sites (tertiary alicyclic amines) is 1. The van der Waals surface area contributed by atoms with Crippen LogP contribution in [-0.2, 0) is 11.2 Å². The summed E-state index contributed by atoms with van der Waals surface area (Å²) in [5, 5.41) is 3.22. The second-order valence-corrected chi connectivity index (χ2v) is 7.33. The maximum atomic E-state index is 13.2. The molecule has 1 saturated heterocycles. The van der Waals surface area contributed by atoms with Crippen molar-refractivity contribution in [2.75, 3.05) is 6.54 Å². The average molecular weight is 351 g/mol. The molecular weight excluding hydrogens is 322 g/mol. The second kappa shape index (κ2) is 8.95. The molecule has 1 amide bonds. The van der Waals surface area contributed by atoms with Crippen molar-refractivity contribution < 1.29 is 4.79 Å². The monoisotopic (exact) mass is 351 g/mol. The van der Waals surface area contributed by atoms with E-state index in [4.69, 9.17) is 0 Å². The molecule has 1 fully saturated rings. The third kappa shape index (κ3) is 4.70. The maximum absolute atomic E-state index is 13.2. The number of piperidine rings is 1. The van der Waals surface area contributed by atoms with Gasteiger partial charge < -0.3 is 5.32 Å². The third-order valence-electron chi connectivity index (χ3n) is 5.18. The van der Waals surface area contributed by atoms with E-state index < -0.39 is 0 Å². The van der Waals surface area contributed by atoms with Gasteiger partial charge in [0.2, 0.25) is 5.91 Å². The Morgan fingerprint density at radius 3 is 2.65 bits per heavy atom. The minimum Gasteiger partial charge on any atom is -0.352 e. The van der Waals surface area contributed by atoms with Crippen LogP contribution >= 0.6 is 0 Å². The molecule has 0 spiro atoms. The lowest BCUT2D eigenvalue weighted by atomic mass is 9.96. The zero-order valence-electron chi connectivity index (χ0n) is 15.8. The lowest BCUT2D eigenvalue weighted by Gasteiger charge is -2.39. The number of carbonyl (C=O) groups excluding carboxylic acids is 1. The van der Waals surface area contributed by atoms with Gasteiger partial charge in [0.25, 0.3) is 0 Å². The first-order valence-corrected chi connectivity index (χ1v) is 9.66. The van der Waals surface area contributed by atoms with Crippen LogP contribution in [0.1, 0.15) is 50.4 Å². The fourth-order valence-corrected chi connectivity index (χ4v) is 3.84. The van der Waals surface area contributed by atoms with Crippen molar-refractivity contribution in [3.8, 4) is 0 Å². The van der Waals surface area contributed by atoms with Gasteiger partial charge in [-0.3, -0.25) is 14.7 Å². The Morgan fingerprint density at radius 1 is 1.19 bits per heavy atom. The van der Waals surface area contributed by atoms with Crippen LogP contribution in [0.3, 0.4) is 0 Å². The van der Waals surface area contributed by atoms with Gasteiger partial charge in [0, 0.05) is 30.4 Å². The van der Waals surface area contributed by atoms with Gasteiger partial charge in [-0.05, 0) is 50.9 Å². The van der Waals surface area contributed by atoms with Crippen LogP contribution in [0.2, 0.25) is 0 Å². The normalized spacial score (nSPS) is 20.3. The minimum atomic E-state index is -0.224. The third-order valence-corrected chi connectivity index (χ3v) is 5.18. The number of amides is 1. The molecule has 3 rings (SSSR count). The topological polar surface area (TPSA) is 45.2 Å². The van der Waals surface area contributed by atoms with Crippen molar-refractivity contribution in [1.82, 2.24) is 15.2 Å². The summed E-state index contributed by atoms with van der Waals surface area (Å²) in [6.07, 6.45) is 6.09. The summed E-state index contributed by atoms with van der Waals surface area (Å²) in [6.45, 7) is 5.26. The fraction of sp³-hybridized carbons (Fsp3) is 0.455. The van der Waals surface area contributed by atoms with E-state index in [0.717, 1.165) is 37.1 Å². The Balaban J connectivity index is 1.74. The van der Waals surface area contributed by atoms with Gasteiger partial charge in [0.15, 0.2) is 0 Å². The quantitative estimate of drug-likeness (QED) is 0.862. The van der Waals surface area contributed by atoms with Crippen LogP contribution in [0.15, 0.2) is 54.7 Å². The molecule has 0 aliphatic carbocycles. The largest absolute Gasteiger partial charge is 0.352 e. The number of rotatable bonds is 6. The van der Waals surface area contributed by atoms with E-state index in [2.05, 4.69) is 34.3 Å². The molecule has 1 aliphatic rings. The molecule has 0 saturated carbocycles. The first-order chi connectivity index (χ1) is 12.6. The van der Waals surface area contributed by atoms with Crippen molar-refractivity contribution in [2.24, 2.45) is 0 Å². The van der Waals surface area contributed by atoms with Gasteiger partial charge in [0.05, 0.1) is 0 Å². The zero-order valence-corrected chi connectivity index (χ0v) is 15.8. The molecule has 0 unspecified atom stereocenters. The molecule has 26 heavy (non-hydrogen) atoms. The van der Waals surface area contributed by atoms with Crippen LogP contribution in [0, 0.1) is 0 Å². The number of nitrogens with one attached hydrogen (secondary N) is 1. The van der Waals surface area contributed by atoms with Crippen LogP contribution in [-0.4, -0.2) is 34.4 Å². The molecule has 2 aromatic rings. The molecule has 2 heterocycles. The van der Waals surface area contributed by atoms with Crippen molar-refractivity contribution in [1.29, 1.82) is 0 Å². The smallest absolute Gasteiger partial charge is 0.242 e. The van der Waals surface area contributed by atoms with Gasteiger partial charge in [-0.1, -0.05) is 42.8 Å². The number of hydrogen-bond acceptors (Lipinski definition) is 3. The van der Waals surface area contributed by atoms with Gasteiger partial charge >= 0.3 is 0 Å². The van der Waals surface area contributed by atoms with Crippen molar-refractivity contribution in [3.63, 3.8) is 0 Å². The molecule has 4 heteroatoms.